The highest BCUT2D eigenvalue weighted by atomic mass is 16.2. The molecule has 0 aromatic heterocycles. The van der Waals surface area contributed by atoms with E-state index in [-0.39, 0.29) is 23.7 Å². The smallest absolute Gasteiger partial charge is 0.227 e. The number of rotatable bonds is 4. The molecular weight excluding hydrogens is 278 g/mol. The first-order valence-electron chi connectivity index (χ1n) is 8.07. The number of carbonyl (C=O) groups excluding carboxylic acids is 2. The van der Waals surface area contributed by atoms with E-state index in [1.807, 2.05) is 24.3 Å². The van der Waals surface area contributed by atoms with E-state index in [4.69, 9.17) is 0 Å². The van der Waals surface area contributed by atoms with Crippen LogP contribution in [-0.2, 0) is 9.59 Å². The molecule has 2 fully saturated rings. The summed E-state index contributed by atoms with van der Waals surface area (Å²) < 4.78 is 0. The molecule has 3 N–H and O–H groups in total. The fraction of sp³-hybridized carbons (Fsp3) is 0.529. The third kappa shape index (κ3) is 3.85. The number of hydrogen-bond donors (Lipinski definition) is 3. The monoisotopic (exact) mass is 301 g/mol. The van der Waals surface area contributed by atoms with Crippen LogP contribution in [0.15, 0.2) is 24.3 Å². The topological polar surface area (TPSA) is 70.2 Å². The van der Waals surface area contributed by atoms with E-state index in [1.165, 1.54) is 0 Å². The predicted octanol–water partition coefficient (Wildman–Crippen LogP) is 2.36. The Labute approximate surface area is 130 Å². The van der Waals surface area contributed by atoms with Gasteiger partial charge in [0.1, 0.15) is 0 Å². The van der Waals surface area contributed by atoms with Crippen molar-refractivity contribution in [1.29, 1.82) is 0 Å². The molecule has 5 heteroatoms. The molecule has 2 amide bonds. The van der Waals surface area contributed by atoms with Crippen molar-refractivity contribution in [2.45, 2.75) is 38.6 Å². The second-order valence-electron chi connectivity index (χ2n) is 6.41. The average molecular weight is 301 g/mol. The van der Waals surface area contributed by atoms with Gasteiger partial charge < -0.3 is 16.0 Å². The van der Waals surface area contributed by atoms with Crippen LogP contribution < -0.4 is 16.0 Å². The fourth-order valence-corrected chi connectivity index (χ4v) is 2.84. The Morgan fingerprint density at radius 3 is 2.00 bits per heavy atom. The first-order valence-corrected chi connectivity index (χ1v) is 8.07. The molecule has 0 bridgehead atoms. The maximum absolute atomic E-state index is 12.3. The van der Waals surface area contributed by atoms with E-state index in [1.54, 1.807) is 0 Å². The molecule has 2 atom stereocenters. The molecule has 1 aromatic rings. The fourth-order valence-electron chi connectivity index (χ4n) is 2.84. The van der Waals surface area contributed by atoms with E-state index >= 15 is 0 Å². The largest absolute Gasteiger partial charge is 0.326 e. The third-order valence-electron chi connectivity index (χ3n) is 4.36. The summed E-state index contributed by atoms with van der Waals surface area (Å²) in [7, 11) is 0. The summed E-state index contributed by atoms with van der Waals surface area (Å²) in [4.78, 5) is 24.0. The molecule has 22 heavy (non-hydrogen) atoms. The number of hydrogen-bond acceptors (Lipinski definition) is 3. The maximum atomic E-state index is 12.3. The van der Waals surface area contributed by atoms with Crippen molar-refractivity contribution in [2.75, 3.05) is 17.2 Å². The summed E-state index contributed by atoms with van der Waals surface area (Å²) in [6, 6.07) is 7.74. The van der Waals surface area contributed by atoms with E-state index in [0.29, 0.717) is 6.04 Å². The lowest BCUT2D eigenvalue weighted by molar-refractivity contribution is -0.121. The van der Waals surface area contributed by atoms with Crippen LogP contribution in [0.4, 0.5) is 11.4 Å². The van der Waals surface area contributed by atoms with Crippen LogP contribution in [0.1, 0.15) is 32.6 Å². The quantitative estimate of drug-likeness (QED) is 0.799. The SMILES string of the molecule is C[C@H]1C[C@@H](C(=O)Nc2ccc(NC(=O)C3CC3)cc2)CCN1. The number of piperidine rings is 1. The Kier molecular flexibility index (Phi) is 4.43. The second kappa shape index (κ2) is 6.48. The number of amides is 2. The van der Waals surface area contributed by atoms with Crippen LogP contribution in [0, 0.1) is 11.8 Å². The minimum absolute atomic E-state index is 0.0745. The molecule has 0 unspecified atom stereocenters. The minimum Gasteiger partial charge on any atom is -0.326 e. The Morgan fingerprint density at radius 2 is 1.50 bits per heavy atom. The number of anilines is 2. The van der Waals surface area contributed by atoms with Crippen molar-refractivity contribution in [3.05, 3.63) is 24.3 Å². The number of carbonyl (C=O) groups is 2. The lowest BCUT2D eigenvalue weighted by atomic mass is 9.92. The van der Waals surface area contributed by atoms with Crippen LogP contribution in [0.5, 0.6) is 0 Å². The van der Waals surface area contributed by atoms with Gasteiger partial charge >= 0.3 is 0 Å². The van der Waals surface area contributed by atoms with Crippen molar-refractivity contribution < 1.29 is 9.59 Å². The van der Waals surface area contributed by atoms with E-state index in [9.17, 15) is 9.59 Å². The molecule has 5 nitrogen and oxygen atoms in total. The molecular formula is C17H23N3O2. The highest BCUT2D eigenvalue weighted by Crippen LogP contribution is 2.30. The second-order valence-corrected chi connectivity index (χ2v) is 6.41. The van der Waals surface area contributed by atoms with Gasteiger partial charge in [-0.2, -0.15) is 0 Å². The van der Waals surface area contributed by atoms with Crippen molar-refractivity contribution in [3.63, 3.8) is 0 Å². The van der Waals surface area contributed by atoms with Gasteiger partial charge in [-0.1, -0.05) is 0 Å². The maximum Gasteiger partial charge on any atom is 0.227 e. The Bertz CT molecular complexity index is 552. The van der Waals surface area contributed by atoms with Crippen molar-refractivity contribution in [1.82, 2.24) is 5.32 Å². The Morgan fingerprint density at radius 1 is 0.955 bits per heavy atom. The minimum atomic E-state index is 0.0745. The van der Waals surface area contributed by atoms with Crippen LogP contribution in [-0.4, -0.2) is 24.4 Å². The molecule has 1 aromatic carbocycles. The number of benzene rings is 1. The summed E-state index contributed by atoms with van der Waals surface area (Å²) in [5.74, 6) is 0.454. The predicted molar refractivity (Wildman–Crippen MR) is 86.6 cm³/mol. The highest BCUT2D eigenvalue weighted by Gasteiger charge is 2.29. The first-order chi connectivity index (χ1) is 10.6. The highest BCUT2D eigenvalue weighted by molar-refractivity contribution is 5.95. The van der Waals surface area contributed by atoms with Crippen LogP contribution in [0.25, 0.3) is 0 Å². The molecule has 0 radical (unpaired) electrons. The van der Waals surface area contributed by atoms with Gasteiger partial charge in [-0.25, -0.2) is 0 Å². The van der Waals surface area contributed by atoms with E-state index in [0.717, 1.165) is 43.6 Å². The summed E-state index contributed by atoms with van der Waals surface area (Å²) in [5, 5.41) is 9.21. The van der Waals surface area contributed by atoms with E-state index in [2.05, 4.69) is 22.9 Å². The van der Waals surface area contributed by atoms with Crippen LogP contribution >= 0.6 is 0 Å². The van der Waals surface area contributed by atoms with Crippen molar-refractivity contribution in [2.24, 2.45) is 11.8 Å². The molecule has 1 aliphatic carbocycles. The molecule has 1 aliphatic heterocycles. The van der Waals surface area contributed by atoms with Gasteiger partial charge in [0.2, 0.25) is 11.8 Å². The molecule has 0 spiro atoms. The molecule has 1 saturated heterocycles. The van der Waals surface area contributed by atoms with Gasteiger partial charge in [-0.05, 0) is 63.4 Å². The van der Waals surface area contributed by atoms with Gasteiger partial charge in [0.15, 0.2) is 0 Å². The zero-order valence-electron chi connectivity index (χ0n) is 12.9. The van der Waals surface area contributed by atoms with Gasteiger partial charge in [0.25, 0.3) is 0 Å². The van der Waals surface area contributed by atoms with Gasteiger partial charge in [-0.3, -0.25) is 9.59 Å². The summed E-state index contributed by atoms with van der Waals surface area (Å²) >= 11 is 0. The molecule has 2 aliphatic rings. The lowest BCUT2D eigenvalue weighted by Gasteiger charge is -2.27. The van der Waals surface area contributed by atoms with Gasteiger partial charge in [0, 0.05) is 29.3 Å². The van der Waals surface area contributed by atoms with E-state index < -0.39 is 0 Å². The van der Waals surface area contributed by atoms with Crippen LogP contribution in [0.3, 0.4) is 0 Å². The Balaban J connectivity index is 1.53. The lowest BCUT2D eigenvalue weighted by Crippen LogP contribution is -2.40. The first kappa shape index (κ1) is 15.0. The summed E-state index contributed by atoms with van der Waals surface area (Å²) in [6.07, 6.45) is 3.75. The van der Waals surface area contributed by atoms with Crippen molar-refractivity contribution in [3.8, 4) is 0 Å². The molecule has 1 heterocycles. The molecule has 118 valence electrons. The standard InChI is InChI=1S/C17H23N3O2/c1-11-10-13(8-9-18-11)17(22)20-15-6-4-14(5-7-15)19-16(21)12-2-3-12/h4-7,11-13,18H,2-3,8-10H2,1H3,(H,19,21)(H,20,22)/t11-,13-/m0/s1. The zero-order valence-corrected chi connectivity index (χ0v) is 12.9. The molecule has 1 saturated carbocycles. The summed E-state index contributed by atoms with van der Waals surface area (Å²) in [6.45, 7) is 3.00. The average Bonchev–Trinajstić information content (AvgIpc) is 3.34. The normalized spacial score (nSPS) is 24.6. The summed E-state index contributed by atoms with van der Waals surface area (Å²) in [5.41, 5.74) is 1.56. The van der Waals surface area contributed by atoms with Crippen molar-refractivity contribution >= 4 is 23.2 Å². The number of nitrogens with one attached hydrogen (secondary N) is 3. The molecule has 3 rings (SSSR count). The van der Waals surface area contributed by atoms with Gasteiger partial charge in [0.05, 0.1) is 0 Å². The van der Waals surface area contributed by atoms with Gasteiger partial charge in [-0.15, -0.1) is 0 Å². The Hall–Kier alpha value is -1.88. The third-order valence-corrected chi connectivity index (χ3v) is 4.36. The zero-order chi connectivity index (χ0) is 15.5. The van der Waals surface area contributed by atoms with Crippen LogP contribution in [0.2, 0.25) is 0 Å².